The summed E-state index contributed by atoms with van der Waals surface area (Å²) in [7, 11) is 1.32. The molecule has 0 radical (unpaired) electrons. The van der Waals surface area contributed by atoms with Gasteiger partial charge in [-0.25, -0.2) is 9.59 Å². The fourth-order valence-electron chi connectivity index (χ4n) is 2.76. The topological polar surface area (TPSA) is 82.8 Å². The van der Waals surface area contributed by atoms with E-state index in [2.05, 4.69) is 20.7 Å². The molecule has 144 valence electrons. The zero-order chi connectivity index (χ0) is 20.3. The van der Waals surface area contributed by atoms with E-state index in [1.54, 1.807) is 37.3 Å². The SMILES string of the molecule is COC(=O)CCc1cc2c(C)cc(=O)oc2cc1OC(=O)c1ccc(Br)cc1. The molecule has 3 rings (SSSR count). The van der Waals surface area contributed by atoms with Crippen LogP contribution in [0.3, 0.4) is 0 Å². The Morgan fingerprint density at radius 2 is 1.82 bits per heavy atom. The smallest absolute Gasteiger partial charge is 0.343 e. The molecule has 0 saturated carbocycles. The third-order valence-electron chi connectivity index (χ3n) is 4.24. The summed E-state index contributed by atoms with van der Waals surface area (Å²) in [6, 6.07) is 11.4. The number of esters is 2. The molecular formula is C21H17BrO6. The molecule has 0 aliphatic heterocycles. The molecule has 0 amide bonds. The van der Waals surface area contributed by atoms with E-state index in [4.69, 9.17) is 9.15 Å². The highest BCUT2D eigenvalue weighted by molar-refractivity contribution is 9.10. The number of rotatable bonds is 5. The van der Waals surface area contributed by atoms with Crippen LogP contribution in [0.2, 0.25) is 0 Å². The summed E-state index contributed by atoms with van der Waals surface area (Å²) >= 11 is 3.32. The van der Waals surface area contributed by atoms with Crippen molar-refractivity contribution >= 4 is 38.8 Å². The van der Waals surface area contributed by atoms with Crippen molar-refractivity contribution in [2.45, 2.75) is 19.8 Å². The van der Waals surface area contributed by atoms with Gasteiger partial charge in [-0.2, -0.15) is 0 Å². The van der Waals surface area contributed by atoms with Crippen LogP contribution in [0.5, 0.6) is 5.75 Å². The molecule has 0 aliphatic carbocycles. The van der Waals surface area contributed by atoms with Crippen LogP contribution >= 0.6 is 15.9 Å². The summed E-state index contributed by atoms with van der Waals surface area (Å²) in [4.78, 5) is 35.8. The van der Waals surface area contributed by atoms with Gasteiger partial charge >= 0.3 is 17.6 Å². The molecule has 1 heterocycles. The van der Waals surface area contributed by atoms with Crippen molar-refractivity contribution in [2.24, 2.45) is 0 Å². The molecule has 6 nitrogen and oxygen atoms in total. The summed E-state index contributed by atoms with van der Waals surface area (Å²) in [6.45, 7) is 1.79. The first-order valence-corrected chi connectivity index (χ1v) is 9.28. The number of fused-ring (bicyclic) bond motifs is 1. The minimum atomic E-state index is -0.554. The van der Waals surface area contributed by atoms with Crippen LogP contribution in [0.1, 0.15) is 27.9 Å². The van der Waals surface area contributed by atoms with Gasteiger partial charge in [0, 0.05) is 28.4 Å². The molecule has 3 aromatic rings. The molecule has 7 heteroatoms. The Morgan fingerprint density at radius 3 is 2.50 bits per heavy atom. The minimum absolute atomic E-state index is 0.126. The van der Waals surface area contributed by atoms with Gasteiger partial charge in [-0.3, -0.25) is 4.79 Å². The zero-order valence-corrected chi connectivity index (χ0v) is 16.9. The maximum atomic E-state index is 12.5. The molecule has 0 fully saturated rings. The molecule has 0 aliphatic rings. The zero-order valence-electron chi connectivity index (χ0n) is 15.3. The lowest BCUT2D eigenvalue weighted by Gasteiger charge is -2.12. The number of methoxy groups -OCH3 is 1. The van der Waals surface area contributed by atoms with E-state index in [-0.39, 0.29) is 18.1 Å². The number of hydrogen-bond acceptors (Lipinski definition) is 6. The van der Waals surface area contributed by atoms with Gasteiger partial charge in [-0.05, 0) is 54.8 Å². The number of carbonyl (C=O) groups excluding carboxylic acids is 2. The Balaban J connectivity index is 2.01. The Morgan fingerprint density at radius 1 is 1.11 bits per heavy atom. The number of halogens is 1. The van der Waals surface area contributed by atoms with Crippen molar-refractivity contribution in [3.05, 3.63) is 74.0 Å². The first-order chi connectivity index (χ1) is 13.4. The quantitative estimate of drug-likeness (QED) is 0.333. The summed E-state index contributed by atoms with van der Waals surface area (Å²) in [5, 5.41) is 0.711. The van der Waals surface area contributed by atoms with Crippen molar-refractivity contribution in [3.63, 3.8) is 0 Å². The lowest BCUT2D eigenvalue weighted by molar-refractivity contribution is -0.140. The maximum Gasteiger partial charge on any atom is 0.343 e. The van der Waals surface area contributed by atoms with E-state index in [0.29, 0.717) is 28.5 Å². The van der Waals surface area contributed by atoms with E-state index in [1.165, 1.54) is 19.2 Å². The number of hydrogen-bond donors (Lipinski definition) is 0. The second-order valence-electron chi connectivity index (χ2n) is 6.18. The minimum Gasteiger partial charge on any atom is -0.469 e. The largest absolute Gasteiger partial charge is 0.469 e. The number of benzene rings is 2. The summed E-state index contributed by atoms with van der Waals surface area (Å²) in [5.74, 6) is -0.694. The van der Waals surface area contributed by atoms with Gasteiger partial charge in [0.1, 0.15) is 11.3 Å². The molecular weight excluding hydrogens is 428 g/mol. The number of ether oxygens (including phenoxy) is 2. The van der Waals surface area contributed by atoms with Gasteiger partial charge in [0.05, 0.1) is 12.7 Å². The molecule has 0 unspecified atom stereocenters. The van der Waals surface area contributed by atoms with Crippen LogP contribution in [-0.4, -0.2) is 19.0 Å². The van der Waals surface area contributed by atoms with Crippen LogP contribution < -0.4 is 10.4 Å². The van der Waals surface area contributed by atoms with Crippen molar-refractivity contribution in [1.29, 1.82) is 0 Å². The molecule has 0 saturated heterocycles. The van der Waals surface area contributed by atoms with Crippen LogP contribution in [0.25, 0.3) is 11.0 Å². The standard InChI is InChI=1S/C21H17BrO6/c1-12-9-20(24)27-18-11-17(14(10-16(12)18)5-8-19(23)26-2)28-21(25)13-3-6-15(22)7-4-13/h3-4,6-7,9-11H,5,8H2,1-2H3. The normalized spacial score (nSPS) is 10.7. The average Bonchev–Trinajstić information content (AvgIpc) is 2.66. The van der Waals surface area contributed by atoms with Gasteiger partial charge in [0.25, 0.3) is 0 Å². The van der Waals surface area contributed by atoms with Gasteiger partial charge < -0.3 is 13.9 Å². The summed E-state index contributed by atoms with van der Waals surface area (Å²) in [5.41, 5.74) is 1.56. The molecule has 1 aromatic heterocycles. The van der Waals surface area contributed by atoms with E-state index in [0.717, 1.165) is 10.0 Å². The third kappa shape index (κ3) is 4.48. The Hall–Kier alpha value is -2.93. The third-order valence-corrected chi connectivity index (χ3v) is 4.77. The highest BCUT2D eigenvalue weighted by Crippen LogP contribution is 2.29. The van der Waals surface area contributed by atoms with E-state index >= 15 is 0 Å². The predicted molar refractivity (Wildman–Crippen MR) is 107 cm³/mol. The van der Waals surface area contributed by atoms with Crippen LogP contribution in [-0.2, 0) is 16.0 Å². The summed E-state index contributed by atoms with van der Waals surface area (Å²) in [6.07, 6.45) is 0.435. The van der Waals surface area contributed by atoms with E-state index in [1.807, 2.05) is 0 Å². The Bertz CT molecular complexity index is 1100. The van der Waals surface area contributed by atoms with Crippen molar-refractivity contribution in [3.8, 4) is 5.75 Å². The van der Waals surface area contributed by atoms with Gasteiger partial charge in [-0.15, -0.1) is 0 Å². The molecule has 0 atom stereocenters. The maximum absolute atomic E-state index is 12.5. The second-order valence-corrected chi connectivity index (χ2v) is 7.09. The van der Waals surface area contributed by atoms with Crippen molar-refractivity contribution in [1.82, 2.24) is 0 Å². The first kappa shape index (κ1) is 19.8. The van der Waals surface area contributed by atoms with E-state index < -0.39 is 11.6 Å². The first-order valence-electron chi connectivity index (χ1n) is 8.49. The monoisotopic (exact) mass is 444 g/mol. The average molecular weight is 445 g/mol. The van der Waals surface area contributed by atoms with Gasteiger partial charge in [0.2, 0.25) is 0 Å². The van der Waals surface area contributed by atoms with Crippen LogP contribution in [0, 0.1) is 6.92 Å². The number of aryl methyl sites for hydroxylation is 2. The molecule has 0 spiro atoms. The highest BCUT2D eigenvalue weighted by Gasteiger charge is 2.16. The Labute approximate surface area is 169 Å². The highest BCUT2D eigenvalue weighted by atomic mass is 79.9. The Kier molecular flexibility index (Phi) is 5.94. The van der Waals surface area contributed by atoms with Gasteiger partial charge in [0.15, 0.2) is 0 Å². The van der Waals surface area contributed by atoms with E-state index in [9.17, 15) is 14.4 Å². The second kappa shape index (κ2) is 8.39. The van der Waals surface area contributed by atoms with Crippen molar-refractivity contribution < 1.29 is 23.5 Å². The fourth-order valence-corrected chi connectivity index (χ4v) is 3.03. The summed E-state index contributed by atoms with van der Waals surface area (Å²) < 4.78 is 16.3. The predicted octanol–water partition coefficient (Wildman–Crippen LogP) is 4.19. The van der Waals surface area contributed by atoms with Crippen LogP contribution in [0.15, 0.2) is 56.1 Å². The van der Waals surface area contributed by atoms with Crippen molar-refractivity contribution in [2.75, 3.05) is 7.11 Å². The van der Waals surface area contributed by atoms with Gasteiger partial charge in [-0.1, -0.05) is 15.9 Å². The fraction of sp³-hybridized carbons (Fsp3) is 0.190. The van der Waals surface area contributed by atoms with Crippen LogP contribution in [0.4, 0.5) is 0 Å². The lowest BCUT2D eigenvalue weighted by Crippen LogP contribution is -2.11. The molecule has 2 aromatic carbocycles. The molecule has 28 heavy (non-hydrogen) atoms. The molecule has 0 bridgehead atoms. The molecule has 0 N–H and O–H groups in total. The number of carbonyl (C=O) groups is 2. The lowest BCUT2D eigenvalue weighted by atomic mass is 10.0.